The SMILES string of the molecule is CCCCCCCCCCCCCCCCCCC/C=C/C(O)C(COC1OC(CO)C(OC2OC(CO)C(O)C(OC3(C(=O)O)CC(O)C(NC(C)=O)C(C(O)C(O)CO)O3)C2O)C(O)C1O)NC(=O)CCCCCCCCCCCCCCCCCCCCCCCCCCCCCCCCCCC. The molecule has 18 unspecified atom stereocenters. The summed E-state index contributed by atoms with van der Waals surface area (Å²) in [5, 5.41) is 136. The fourth-order valence-electron chi connectivity index (χ4n) is 15.2. The van der Waals surface area contributed by atoms with Gasteiger partial charge in [-0.1, -0.05) is 334 Å². The molecule has 624 valence electrons. The van der Waals surface area contributed by atoms with Crippen LogP contribution in [0, 0.1) is 0 Å². The molecule has 2 amide bonds. The van der Waals surface area contributed by atoms with Gasteiger partial charge in [0, 0.05) is 19.8 Å². The first-order chi connectivity index (χ1) is 51.4. The van der Waals surface area contributed by atoms with E-state index in [0.29, 0.717) is 12.8 Å². The highest BCUT2D eigenvalue weighted by Crippen LogP contribution is 2.39. The molecule has 0 saturated carbocycles. The molecule has 3 aliphatic rings. The molecule has 3 aliphatic heterocycles. The van der Waals surface area contributed by atoms with Crippen LogP contribution in [0.3, 0.4) is 0 Å². The summed E-state index contributed by atoms with van der Waals surface area (Å²) in [7, 11) is 0. The van der Waals surface area contributed by atoms with Crippen molar-refractivity contribution in [3.63, 3.8) is 0 Å². The van der Waals surface area contributed by atoms with Crippen molar-refractivity contribution in [1.29, 1.82) is 0 Å². The number of unbranched alkanes of at least 4 members (excludes halogenated alkanes) is 49. The van der Waals surface area contributed by atoms with Gasteiger partial charge in [-0.15, -0.1) is 0 Å². The molecule has 0 radical (unpaired) electrons. The van der Waals surface area contributed by atoms with E-state index in [9.17, 15) is 75.7 Å². The lowest BCUT2D eigenvalue weighted by Gasteiger charge is -2.50. The van der Waals surface area contributed by atoms with Crippen molar-refractivity contribution in [3.05, 3.63) is 12.2 Å². The highest BCUT2D eigenvalue weighted by molar-refractivity contribution is 5.77. The van der Waals surface area contributed by atoms with Crippen LogP contribution in [0.2, 0.25) is 0 Å². The molecule has 3 rings (SSSR count). The Morgan fingerprint density at radius 1 is 0.491 bits per heavy atom. The van der Waals surface area contributed by atoms with E-state index < -0.39 is 155 Å². The minimum absolute atomic E-state index is 0.206. The normalized spacial score (nSPS) is 26.1. The smallest absolute Gasteiger partial charge is 0.364 e. The molecular weight excluding hydrogens is 1360 g/mol. The van der Waals surface area contributed by atoms with E-state index in [-0.39, 0.29) is 12.3 Å². The predicted octanol–water partition coefficient (Wildman–Crippen LogP) is 12.5. The molecule has 18 atom stereocenters. The largest absolute Gasteiger partial charge is 0.477 e. The minimum atomic E-state index is -3.08. The monoisotopic (exact) mass is 1520 g/mol. The number of carboxylic acid groups (broad SMARTS) is 1. The zero-order valence-electron chi connectivity index (χ0n) is 66.3. The van der Waals surface area contributed by atoms with Crippen LogP contribution in [0.1, 0.15) is 361 Å². The quantitative estimate of drug-likeness (QED) is 0.0199. The van der Waals surface area contributed by atoms with Crippen LogP contribution >= 0.6 is 0 Å². The summed E-state index contributed by atoms with van der Waals surface area (Å²) in [5.74, 6) is -6.13. The van der Waals surface area contributed by atoms with Crippen LogP contribution in [0.15, 0.2) is 12.2 Å². The highest BCUT2D eigenvalue weighted by atomic mass is 16.8. The van der Waals surface area contributed by atoms with E-state index in [2.05, 4.69) is 24.5 Å². The van der Waals surface area contributed by atoms with Gasteiger partial charge in [0.05, 0.1) is 50.7 Å². The minimum Gasteiger partial charge on any atom is -0.477 e. The number of nitrogens with one attached hydrogen (secondary N) is 2. The van der Waals surface area contributed by atoms with Crippen molar-refractivity contribution < 1.29 is 104 Å². The van der Waals surface area contributed by atoms with Gasteiger partial charge in [0.25, 0.3) is 5.79 Å². The Hall–Kier alpha value is -2.53. The van der Waals surface area contributed by atoms with E-state index >= 15 is 0 Å². The number of amides is 2. The number of allylic oxidation sites excluding steroid dienone is 1. The molecule has 14 N–H and O–H groups in total. The second-order valence-electron chi connectivity index (χ2n) is 31.4. The van der Waals surface area contributed by atoms with Gasteiger partial charge in [-0.25, -0.2) is 4.79 Å². The third-order valence-corrected chi connectivity index (χ3v) is 22.0. The average Bonchev–Trinajstić information content (AvgIpc) is 0.747. The highest BCUT2D eigenvalue weighted by Gasteiger charge is 2.60. The van der Waals surface area contributed by atoms with Gasteiger partial charge >= 0.3 is 5.97 Å². The zero-order valence-corrected chi connectivity index (χ0v) is 66.3. The zero-order chi connectivity index (χ0) is 77.4. The maximum absolute atomic E-state index is 13.6. The fourth-order valence-corrected chi connectivity index (χ4v) is 15.2. The summed E-state index contributed by atoms with van der Waals surface area (Å²) in [5.41, 5.74) is 0. The van der Waals surface area contributed by atoms with Crippen LogP contribution in [0.25, 0.3) is 0 Å². The van der Waals surface area contributed by atoms with Gasteiger partial charge in [0.2, 0.25) is 11.8 Å². The summed E-state index contributed by atoms with van der Waals surface area (Å²) in [4.78, 5) is 38.7. The number of aliphatic carboxylic acids is 1. The standard InChI is InChI=1S/C83H156N2O21/c1-4-6-8-10-12-14-16-18-20-22-24-25-26-27-28-29-30-31-32-33-34-35-36-37-39-41-43-45-47-49-51-53-55-57-70(93)85-64(65(90)56-54-52-50-48-46-44-42-40-38-23-21-19-17-15-13-11-9-7-5-2)62-101-80-75(97)74(96)77(69(61-88)103-80)104-81-76(98)79(73(95)68(60-87)102-81)106-83(82(99)100)58-66(91)71(84-63(3)89)78(105-83)72(94)67(92)59-86/h54,56,64-69,71-81,86-88,90-92,94-98H,4-53,55,57-62H2,1-3H3,(H,84,89)(H,85,93)(H,99,100)/b56-54+. The van der Waals surface area contributed by atoms with Crippen molar-refractivity contribution in [2.75, 3.05) is 26.4 Å². The van der Waals surface area contributed by atoms with Crippen LogP contribution in [0.5, 0.6) is 0 Å². The molecule has 3 saturated heterocycles. The van der Waals surface area contributed by atoms with Crippen molar-refractivity contribution in [1.82, 2.24) is 10.6 Å². The van der Waals surface area contributed by atoms with E-state index in [1.54, 1.807) is 6.08 Å². The maximum Gasteiger partial charge on any atom is 0.364 e. The lowest BCUT2D eigenvalue weighted by molar-refractivity contribution is -0.386. The number of carbonyl (C=O) groups excluding carboxylic acids is 2. The van der Waals surface area contributed by atoms with Crippen LogP contribution < -0.4 is 10.6 Å². The second-order valence-corrected chi connectivity index (χ2v) is 31.4. The van der Waals surface area contributed by atoms with Crippen molar-refractivity contribution >= 4 is 17.8 Å². The summed E-state index contributed by atoms with van der Waals surface area (Å²) >= 11 is 0. The van der Waals surface area contributed by atoms with Gasteiger partial charge < -0.3 is 100 Å². The summed E-state index contributed by atoms with van der Waals surface area (Å²) in [6, 6.07) is -2.62. The van der Waals surface area contributed by atoms with Gasteiger partial charge in [-0.05, 0) is 19.3 Å². The number of carbonyl (C=O) groups is 3. The summed E-state index contributed by atoms with van der Waals surface area (Å²) in [6.07, 6.45) is 39.8. The molecule has 106 heavy (non-hydrogen) atoms. The van der Waals surface area contributed by atoms with Crippen LogP contribution in [-0.2, 0) is 42.8 Å². The third-order valence-electron chi connectivity index (χ3n) is 22.0. The van der Waals surface area contributed by atoms with Crippen molar-refractivity contribution in [2.45, 2.75) is 471 Å². The van der Waals surface area contributed by atoms with Crippen molar-refractivity contribution in [3.8, 4) is 0 Å². The first-order valence-electron chi connectivity index (χ1n) is 43.1. The number of ether oxygens (including phenoxy) is 6. The number of hydrogen-bond acceptors (Lipinski definition) is 20. The third kappa shape index (κ3) is 41.3. The molecule has 0 aliphatic carbocycles. The molecule has 0 aromatic carbocycles. The number of rotatable bonds is 69. The summed E-state index contributed by atoms with van der Waals surface area (Å²) in [6.45, 7) is 2.21. The molecular formula is C83H156N2O21. The number of aliphatic hydroxyl groups is 11. The van der Waals surface area contributed by atoms with E-state index in [1.807, 2.05) is 6.08 Å². The lowest BCUT2D eigenvalue weighted by atomic mass is 9.88. The molecule has 23 heteroatoms. The van der Waals surface area contributed by atoms with Gasteiger partial charge in [0.15, 0.2) is 12.6 Å². The molecule has 0 spiro atoms. The number of aliphatic hydroxyl groups excluding tert-OH is 11. The molecule has 0 bridgehead atoms. The van der Waals surface area contributed by atoms with Crippen molar-refractivity contribution in [2.24, 2.45) is 0 Å². The number of hydrogen-bond donors (Lipinski definition) is 14. The predicted molar refractivity (Wildman–Crippen MR) is 412 cm³/mol. The molecule has 0 aromatic rings. The topological polar surface area (TPSA) is 373 Å². The Morgan fingerprint density at radius 2 is 0.877 bits per heavy atom. The van der Waals surface area contributed by atoms with E-state index in [0.717, 1.165) is 51.9 Å². The average molecular weight is 1520 g/mol. The Balaban J connectivity index is 1.45. The first kappa shape index (κ1) is 97.7. The Bertz CT molecular complexity index is 2150. The Kier molecular flexibility index (Phi) is 57.1. The number of carboxylic acids is 1. The second kappa shape index (κ2) is 62.0. The molecule has 3 heterocycles. The van der Waals surface area contributed by atoms with Crippen LogP contribution in [0.4, 0.5) is 0 Å². The molecule has 23 nitrogen and oxygen atoms in total. The lowest BCUT2D eigenvalue weighted by Crippen LogP contribution is -2.70. The molecule has 0 aromatic heterocycles. The van der Waals surface area contributed by atoms with Crippen LogP contribution in [-0.4, -0.2) is 215 Å². The Labute approximate surface area is 639 Å². The van der Waals surface area contributed by atoms with E-state index in [1.165, 1.54) is 270 Å². The fraction of sp³-hybridized carbons (Fsp3) is 0.940. The van der Waals surface area contributed by atoms with Gasteiger partial charge in [0.1, 0.15) is 67.1 Å². The maximum atomic E-state index is 13.6. The van der Waals surface area contributed by atoms with Gasteiger partial charge in [-0.2, -0.15) is 0 Å². The summed E-state index contributed by atoms with van der Waals surface area (Å²) < 4.78 is 34.9. The first-order valence-corrected chi connectivity index (χ1v) is 43.1. The van der Waals surface area contributed by atoms with E-state index in [4.69, 9.17) is 28.4 Å². The Morgan fingerprint density at radius 3 is 1.25 bits per heavy atom. The molecule has 3 fully saturated rings. The van der Waals surface area contributed by atoms with Gasteiger partial charge in [-0.3, -0.25) is 9.59 Å².